The third kappa shape index (κ3) is 7.05. The molecule has 0 aliphatic heterocycles. The number of sulfonamides is 1. The third-order valence-electron chi connectivity index (χ3n) is 3.07. The van der Waals surface area contributed by atoms with Crippen LogP contribution in [0.15, 0.2) is 34.2 Å². The highest BCUT2D eigenvalue weighted by Crippen LogP contribution is 2.22. The summed E-state index contributed by atoms with van der Waals surface area (Å²) in [6.45, 7) is 6.41. The second-order valence-electron chi connectivity index (χ2n) is 6.62. The molecule has 1 saturated carbocycles. The molecule has 0 aromatic heterocycles. The second-order valence-corrected chi connectivity index (χ2v) is 8.33. The van der Waals surface area contributed by atoms with Crippen LogP contribution in [-0.4, -0.2) is 26.0 Å². The maximum atomic E-state index is 12.0. The molecule has 0 unspecified atom stereocenters. The van der Waals surface area contributed by atoms with Crippen LogP contribution in [0.4, 0.5) is 0 Å². The van der Waals surface area contributed by atoms with E-state index in [1.54, 1.807) is 24.3 Å². The van der Waals surface area contributed by atoms with Crippen molar-refractivity contribution in [2.45, 2.75) is 56.6 Å². The first kappa shape index (κ1) is 20.2. The number of aliphatic imine (C=N–C) groups is 1. The van der Waals surface area contributed by atoms with Gasteiger partial charge in [-0.2, -0.15) is 0 Å². The summed E-state index contributed by atoms with van der Waals surface area (Å²) < 4.78 is 26.8. The summed E-state index contributed by atoms with van der Waals surface area (Å²) in [5.74, 6) is 0.375. The Morgan fingerprint density at radius 2 is 1.83 bits per heavy atom. The molecule has 1 aromatic carbocycles. The number of rotatable bonds is 5. The normalized spacial score (nSPS) is 15.9. The molecule has 0 saturated heterocycles. The minimum absolute atomic E-state index is 0. The number of nitrogens with two attached hydrogens (primary N) is 1. The number of benzene rings is 1. The molecule has 8 heteroatoms. The van der Waals surface area contributed by atoms with Crippen LogP contribution in [0.5, 0.6) is 0 Å². The highest BCUT2D eigenvalue weighted by atomic mass is 127. The van der Waals surface area contributed by atoms with Crippen LogP contribution in [-0.2, 0) is 16.6 Å². The molecule has 2 rings (SSSR count). The molecule has 6 nitrogen and oxygen atoms in total. The van der Waals surface area contributed by atoms with Gasteiger partial charge in [0.25, 0.3) is 0 Å². The van der Waals surface area contributed by atoms with E-state index in [1.165, 1.54) is 0 Å². The van der Waals surface area contributed by atoms with Gasteiger partial charge in [-0.05, 0) is 51.3 Å². The molecule has 0 radical (unpaired) electrons. The van der Waals surface area contributed by atoms with Gasteiger partial charge in [-0.15, -0.1) is 24.0 Å². The Kier molecular flexibility index (Phi) is 6.84. The Balaban J connectivity index is 0.00000264. The smallest absolute Gasteiger partial charge is 0.240 e. The van der Waals surface area contributed by atoms with Crippen molar-refractivity contribution in [1.82, 2.24) is 10.0 Å². The Hall–Kier alpha value is -0.870. The van der Waals surface area contributed by atoms with Gasteiger partial charge in [-0.3, -0.25) is 0 Å². The van der Waals surface area contributed by atoms with Gasteiger partial charge in [0.05, 0.1) is 11.4 Å². The van der Waals surface area contributed by atoms with Gasteiger partial charge in [0, 0.05) is 11.6 Å². The highest BCUT2D eigenvalue weighted by Gasteiger charge is 2.27. The first-order valence-electron chi connectivity index (χ1n) is 7.35. The monoisotopic (exact) mass is 452 g/mol. The lowest BCUT2D eigenvalue weighted by molar-refractivity contribution is 0.508. The number of nitrogens with zero attached hydrogens (tertiary/aromatic N) is 1. The number of guanidine groups is 1. The molecule has 1 aliphatic rings. The molecular weight excluding hydrogens is 427 g/mol. The predicted octanol–water partition coefficient (Wildman–Crippen LogP) is 1.95. The topological polar surface area (TPSA) is 96.6 Å². The highest BCUT2D eigenvalue weighted by molar-refractivity contribution is 14.0. The molecule has 1 aromatic rings. The summed E-state index contributed by atoms with van der Waals surface area (Å²) in [5, 5.41) is 3.08. The average Bonchev–Trinajstić information content (AvgIpc) is 3.18. The lowest BCUT2D eigenvalue weighted by Gasteiger charge is -2.20. The average molecular weight is 452 g/mol. The van der Waals surface area contributed by atoms with E-state index in [4.69, 9.17) is 5.73 Å². The van der Waals surface area contributed by atoms with E-state index in [2.05, 4.69) is 15.0 Å². The summed E-state index contributed by atoms with van der Waals surface area (Å²) >= 11 is 0. The molecule has 0 amide bonds. The second kappa shape index (κ2) is 7.80. The van der Waals surface area contributed by atoms with Crippen LogP contribution < -0.4 is 15.8 Å². The molecule has 0 bridgehead atoms. The molecular formula is C15H25IN4O2S. The summed E-state index contributed by atoms with van der Waals surface area (Å²) in [7, 11) is -3.39. The van der Waals surface area contributed by atoms with Crippen LogP contribution in [0.25, 0.3) is 0 Å². The van der Waals surface area contributed by atoms with Gasteiger partial charge in [-0.25, -0.2) is 18.1 Å². The lowest BCUT2D eigenvalue weighted by atomic mass is 10.1. The zero-order valence-electron chi connectivity index (χ0n) is 13.7. The first-order valence-corrected chi connectivity index (χ1v) is 8.83. The molecule has 0 spiro atoms. The van der Waals surface area contributed by atoms with Crippen LogP contribution in [0.3, 0.4) is 0 Å². The first-order chi connectivity index (χ1) is 10.2. The summed E-state index contributed by atoms with van der Waals surface area (Å²) in [5.41, 5.74) is 6.57. The molecule has 4 N–H and O–H groups in total. The van der Waals surface area contributed by atoms with E-state index in [-0.39, 0.29) is 40.5 Å². The largest absolute Gasteiger partial charge is 0.370 e. The van der Waals surface area contributed by atoms with Crippen LogP contribution in [0, 0.1) is 0 Å². The van der Waals surface area contributed by atoms with Crippen LogP contribution in [0.2, 0.25) is 0 Å². The van der Waals surface area contributed by atoms with Crippen molar-refractivity contribution >= 4 is 40.0 Å². The molecule has 130 valence electrons. The van der Waals surface area contributed by atoms with E-state index in [0.717, 1.165) is 18.4 Å². The van der Waals surface area contributed by atoms with Gasteiger partial charge in [0.1, 0.15) is 0 Å². The Morgan fingerprint density at radius 1 is 1.26 bits per heavy atom. The Bertz CT molecular complexity index is 647. The van der Waals surface area contributed by atoms with Crippen molar-refractivity contribution in [3.05, 3.63) is 29.8 Å². The Labute approximate surface area is 155 Å². The molecule has 1 aliphatic carbocycles. The number of hydrogen-bond donors (Lipinski definition) is 3. The summed E-state index contributed by atoms with van der Waals surface area (Å²) in [4.78, 5) is 4.53. The molecule has 0 atom stereocenters. The van der Waals surface area contributed by atoms with E-state index < -0.39 is 10.0 Å². The molecule has 23 heavy (non-hydrogen) atoms. The standard InChI is InChI=1S/C15H24N4O2S.HI/c1-15(2,3)18-14(16)17-10-11-4-8-13(9-5-11)22(20,21)19-12-6-7-12;/h4-5,8-9,12,19H,6-7,10H2,1-3H3,(H3,16,17,18);1H. The van der Waals surface area contributed by atoms with Crippen molar-refractivity contribution in [1.29, 1.82) is 0 Å². The fourth-order valence-corrected chi connectivity index (χ4v) is 3.17. The van der Waals surface area contributed by atoms with Crippen LogP contribution in [0.1, 0.15) is 39.2 Å². The minimum Gasteiger partial charge on any atom is -0.370 e. The number of hydrogen-bond acceptors (Lipinski definition) is 3. The van der Waals surface area contributed by atoms with Gasteiger partial charge in [-0.1, -0.05) is 12.1 Å². The van der Waals surface area contributed by atoms with Gasteiger partial charge < -0.3 is 11.1 Å². The van der Waals surface area contributed by atoms with Crippen molar-refractivity contribution in [3.8, 4) is 0 Å². The number of halogens is 1. The van der Waals surface area contributed by atoms with E-state index >= 15 is 0 Å². The lowest BCUT2D eigenvalue weighted by Crippen LogP contribution is -2.44. The van der Waals surface area contributed by atoms with Crippen molar-refractivity contribution in [3.63, 3.8) is 0 Å². The SMILES string of the molecule is CC(C)(C)NC(N)=NCc1ccc(S(=O)(=O)NC2CC2)cc1.I. The fraction of sp³-hybridized carbons (Fsp3) is 0.533. The van der Waals surface area contributed by atoms with E-state index in [0.29, 0.717) is 12.5 Å². The predicted molar refractivity (Wildman–Crippen MR) is 103 cm³/mol. The zero-order chi connectivity index (χ0) is 16.4. The fourth-order valence-electron chi connectivity index (χ4n) is 1.86. The maximum Gasteiger partial charge on any atom is 0.240 e. The number of nitrogens with one attached hydrogen (secondary N) is 2. The van der Waals surface area contributed by atoms with Crippen molar-refractivity contribution < 1.29 is 8.42 Å². The van der Waals surface area contributed by atoms with Gasteiger partial charge >= 0.3 is 0 Å². The van der Waals surface area contributed by atoms with Crippen LogP contribution >= 0.6 is 24.0 Å². The molecule has 1 fully saturated rings. The van der Waals surface area contributed by atoms with Gasteiger partial charge in [0.15, 0.2) is 5.96 Å². The van der Waals surface area contributed by atoms with Gasteiger partial charge in [0.2, 0.25) is 10.0 Å². The van der Waals surface area contributed by atoms with Crippen molar-refractivity contribution in [2.24, 2.45) is 10.7 Å². The van der Waals surface area contributed by atoms with E-state index in [1.807, 2.05) is 20.8 Å². The Morgan fingerprint density at radius 3 is 2.30 bits per heavy atom. The van der Waals surface area contributed by atoms with Crippen molar-refractivity contribution in [2.75, 3.05) is 0 Å². The van der Waals surface area contributed by atoms with E-state index in [9.17, 15) is 8.42 Å². The quantitative estimate of drug-likeness (QED) is 0.362. The maximum absolute atomic E-state index is 12.0. The summed E-state index contributed by atoms with van der Waals surface area (Å²) in [6.07, 6.45) is 1.85. The molecule has 0 heterocycles. The minimum atomic E-state index is -3.39. The summed E-state index contributed by atoms with van der Waals surface area (Å²) in [6, 6.07) is 6.83. The third-order valence-corrected chi connectivity index (χ3v) is 4.60. The zero-order valence-corrected chi connectivity index (χ0v) is 16.8.